The van der Waals surface area contributed by atoms with Crippen LogP contribution < -0.4 is 4.90 Å². The Morgan fingerprint density at radius 2 is 2.43 bits per heavy atom. The van der Waals surface area contributed by atoms with Gasteiger partial charge in [-0.25, -0.2) is 0 Å². The van der Waals surface area contributed by atoms with Gasteiger partial charge in [-0.1, -0.05) is 6.07 Å². The molecule has 1 aliphatic rings. The van der Waals surface area contributed by atoms with Crippen LogP contribution in [0.4, 0.5) is 5.69 Å². The number of methoxy groups -OCH3 is 1. The average Bonchev–Trinajstić information content (AvgIpc) is 2.54. The molecule has 1 aromatic rings. The highest BCUT2D eigenvalue weighted by Gasteiger charge is 2.25. The highest BCUT2D eigenvalue weighted by molar-refractivity contribution is 7.98. The molecule has 0 aliphatic carbocycles. The maximum absolute atomic E-state index is 11.4. The van der Waals surface area contributed by atoms with Gasteiger partial charge in [0, 0.05) is 18.0 Å². The Kier molecular flexibility index (Phi) is 5.48. The molecule has 5 nitrogen and oxygen atoms in total. The zero-order chi connectivity index (χ0) is 15.2. The third kappa shape index (κ3) is 3.69. The minimum absolute atomic E-state index is 0.198. The lowest BCUT2D eigenvalue weighted by Gasteiger charge is -2.34. The molecule has 2 rings (SSSR count). The van der Waals surface area contributed by atoms with E-state index >= 15 is 0 Å². The van der Waals surface area contributed by atoms with Crippen LogP contribution in [0, 0.1) is 11.3 Å². The lowest BCUT2D eigenvalue weighted by Crippen LogP contribution is -2.43. The molecular weight excluding hydrogens is 288 g/mol. The summed E-state index contributed by atoms with van der Waals surface area (Å²) in [7, 11) is 1.37. The number of nitrogens with zero attached hydrogens (tertiary/aromatic N) is 2. The third-order valence-electron chi connectivity index (χ3n) is 3.44. The maximum atomic E-state index is 11.4. The van der Waals surface area contributed by atoms with Crippen molar-refractivity contribution in [1.82, 2.24) is 0 Å². The van der Waals surface area contributed by atoms with Crippen molar-refractivity contribution in [2.24, 2.45) is 0 Å². The molecule has 21 heavy (non-hydrogen) atoms. The number of hydrogen-bond donors (Lipinski definition) is 0. The van der Waals surface area contributed by atoms with Crippen LogP contribution in [0.3, 0.4) is 0 Å². The Morgan fingerprint density at radius 3 is 3.10 bits per heavy atom. The summed E-state index contributed by atoms with van der Waals surface area (Å²) >= 11 is 1.56. The zero-order valence-corrected chi connectivity index (χ0v) is 13.0. The maximum Gasteiger partial charge on any atom is 0.308 e. The summed E-state index contributed by atoms with van der Waals surface area (Å²) in [4.78, 5) is 14.4. The second-order valence-electron chi connectivity index (χ2n) is 4.69. The second kappa shape index (κ2) is 7.34. The summed E-state index contributed by atoms with van der Waals surface area (Å²) in [5.74, 6) is -0.278. The Bertz CT molecular complexity index is 556. The number of nitriles is 1. The first kappa shape index (κ1) is 15.7. The first-order chi connectivity index (χ1) is 10.2. The van der Waals surface area contributed by atoms with Crippen LogP contribution in [0.5, 0.6) is 0 Å². The lowest BCUT2D eigenvalue weighted by atomic mass is 10.1. The molecule has 0 saturated carbocycles. The number of hydrogen-bond acceptors (Lipinski definition) is 6. The lowest BCUT2D eigenvalue weighted by molar-refractivity contribution is -0.144. The normalized spacial score (nSPS) is 18.1. The number of ether oxygens (including phenoxy) is 2. The number of rotatable bonds is 4. The van der Waals surface area contributed by atoms with Crippen molar-refractivity contribution >= 4 is 23.4 Å². The molecule has 1 fully saturated rings. The molecule has 0 N–H and O–H groups in total. The first-order valence-electron chi connectivity index (χ1n) is 6.70. The predicted octanol–water partition coefficient (Wildman–Crippen LogP) is 2.05. The molecule has 0 aromatic heterocycles. The monoisotopic (exact) mass is 306 g/mol. The molecule has 1 unspecified atom stereocenters. The van der Waals surface area contributed by atoms with Gasteiger partial charge in [-0.2, -0.15) is 5.26 Å². The summed E-state index contributed by atoms with van der Waals surface area (Å²) in [5.41, 5.74) is 1.59. The van der Waals surface area contributed by atoms with E-state index in [1.54, 1.807) is 11.8 Å². The number of carbonyl (C=O) groups is 1. The third-order valence-corrected chi connectivity index (χ3v) is 4.22. The summed E-state index contributed by atoms with van der Waals surface area (Å²) in [6.07, 6.45) is 1.99. The number of esters is 1. The van der Waals surface area contributed by atoms with Crippen molar-refractivity contribution in [3.8, 4) is 6.07 Å². The van der Waals surface area contributed by atoms with E-state index in [-0.39, 0.29) is 18.5 Å². The van der Waals surface area contributed by atoms with E-state index < -0.39 is 0 Å². The molecule has 6 heteroatoms. The second-order valence-corrected chi connectivity index (χ2v) is 5.53. The SMILES string of the molecule is COC(=O)CC1CN(c2cccc(SC)c2C#N)CCO1. The summed E-state index contributed by atoms with van der Waals surface area (Å²) in [5, 5.41) is 9.42. The van der Waals surface area contributed by atoms with Crippen molar-refractivity contribution in [1.29, 1.82) is 5.26 Å². The number of anilines is 1. The number of carbonyl (C=O) groups excluding carboxylic acids is 1. The molecule has 1 atom stereocenters. The molecular formula is C15H18N2O3S. The minimum Gasteiger partial charge on any atom is -0.469 e. The fraction of sp³-hybridized carbons (Fsp3) is 0.467. The molecule has 1 heterocycles. The summed E-state index contributed by atoms with van der Waals surface area (Å²) in [6.45, 7) is 1.84. The van der Waals surface area contributed by atoms with Gasteiger partial charge in [0.2, 0.25) is 0 Å². The topological polar surface area (TPSA) is 62.6 Å². The van der Waals surface area contributed by atoms with Crippen molar-refractivity contribution in [2.75, 3.05) is 38.0 Å². The Balaban J connectivity index is 2.18. The van der Waals surface area contributed by atoms with Gasteiger partial charge in [-0.3, -0.25) is 4.79 Å². The van der Waals surface area contributed by atoms with Crippen molar-refractivity contribution in [2.45, 2.75) is 17.4 Å². The standard InChI is InChI=1S/C15H18N2O3S/c1-19-15(18)8-11-10-17(6-7-20-11)13-4-3-5-14(21-2)12(13)9-16/h3-5,11H,6-8,10H2,1-2H3. The molecule has 1 saturated heterocycles. The Morgan fingerprint density at radius 1 is 1.62 bits per heavy atom. The van der Waals surface area contributed by atoms with Gasteiger partial charge in [-0.05, 0) is 18.4 Å². The van der Waals surface area contributed by atoms with E-state index in [1.165, 1.54) is 7.11 Å². The fourth-order valence-electron chi connectivity index (χ4n) is 2.40. The Labute approximate surface area is 128 Å². The van der Waals surface area contributed by atoms with Gasteiger partial charge in [0.05, 0.1) is 37.5 Å². The number of morpholine rings is 1. The van der Waals surface area contributed by atoms with Crippen LogP contribution in [0.15, 0.2) is 23.1 Å². The van der Waals surface area contributed by atoms with Gasteiger partial charge in [-0.15, -0.1) is 11.8 Å². The van der Waals surface area contributed by atoms with E-state index in [9.17, 15) is 10.1 Å². The van der Waals surface area contributed by atoms with Crippen molar-refractivity contribution < 1.29 is 14.3 Å². The van der Waals surface area contributed by atoms with Crippen LogP contribution in [0.25, 0.3) is 0 Å². The van der Waals surface area contributed by atoms with E-state index in [0.29, 0.717) is 25.3 Å². The van der Waals surface area contributed by atoms with Crippen LogP contribution >= 0.6 is 11.8 Å². The minimum atomic E-state index is -0.278. The van der Waals surface area contributed by atoms with E-state index in [0.717, 1.165) is 10.6 Å². The van der Waals surface area contributed by atoms with E-state index in [4.69, 9.17) is 4.74 Å². The van der Waals surface area contributed by atoms with Gasteiger partial charge < -0.3 is 14.4 Å². The molecule has 0 amide bonds. The molecule has 0 spiro atoms. The first-order valence-corrected chi connectivity index (χ1v) is 7.92. The fourth-order valence-corrected chi connectivity index (χ4v) is 2.97. The van der Waals surface area contributed by atoms with Crippen LogP contribution in [-0.4, -0.2) is 45.1 Å². The van der Waals surface area contributed by atoms with E-state index in [2.05, 4.69) is 15.7 Å². The highest BCUT2D eigenvalue weighted by atomic mass is 32.2. The van der Waals surface area contributed by atoms with Gasteiger partial charge in [0.1, 0.15) is 6.07 Å². The van der Waals surface area contributed by atoms with E-state index in [1.807, 2.05) is 24.5 Å². The average molecular weight is 306 g/mol. The van der Waals surface area contributed by atoms with Crippen LogP contribution in [0.2, 0.25) is 0 Å². The van der Waals surface area contributed by atoms with Crippen LogP contribution in [0.1, 0.15) is 12.0 Å². The van der Waals surface area contributed by atoms with Gasteiger partial charge >= 0.3 is 5.97 Å². The summed E-state index contributed by atoms with van der Waals surface area (Å²) < 4.78 is 10.3. The predicted molar refractivity (Wildman–Crippen MR) is 81.5 cm³/mol. The molecule has 1 aromatic carbocycles. The quantitative estimate of drug-likeness (QED) is 0.627. The molecule has 1 aliphatic heterocycles. The zero-order valence-electron chi connectivity index (χ0n) is 12.2. The van der Waals surface area contributed by atoms with Crippen LogP contribution in [-0.2, 0) is 14.3 Å². The smallest absolute Gasteiger partial charge is 0.308 e. The summed E-state index contributed by atoms with van der Waals surface area (Å²) in [6, 6.07) is 8.12. The van der Waals surface area contributed by atoms with Gasteiger partial charge in [0.15, 0.2) is 0 Å². The van der Waals surface area contributed by atoms with Crippen molar-refractivity contribution in [3.05, 3.63) is 23.8 Å². The molecule has 0 radical (unpaired) electrons. The number of benzene rings is 1. The molecule has 112 valence electrons. The number of thioether (sulfide) groups is 1. The Hall–Kier alpha value is -1.71. The largest absolute Gasteiger partial charge is 0.469 e. The molecule has 0 bridgehead atoms. The van der Waals surface area contributed by atoms with Gasteiger partial charge in [0.25, 0.3) is 0 Å². The highest BCUT2D eigenvalue weighted by Crippen LogP contribution is 2.30. The van der Waals surface area contributed by atoms with Crippen molar-refractivity contribution in [3.63, 3.8) is 0 Å².